The lowest BCUT2D eigenvalue weighted by Gasteiger charge is -2.11. The normalized spacial score (nSPS) is 10.7. The number of amides is 1. The molecule has 0 spiro atoms. The van der Waals surface area contributed by atoms with E-state index in [0.717, 1.165) is 33.5 Å². The number of rotatable bonds is 5. The summed E-state index contributed by atoms with van der Waals surface area (Å²) in [5.74, 6) is -0.595. The van der Waals surface area contributed by atoms with Crippen molar-refractivity contribution in [3.63, 3.8) is 0 Å². The average molecular weight is 399 g/mol. The van der Waals surface area contributed by atoms with Gasteiger partial charge in [0.15, 0.2) is 6.61 Å². The maximum atomic E-state index is 12.4. The lowest BCUT2D eigenvalue weighted by atomic mass is 10.1. The third kappa shape index (κ3) is 3.91. The Morgan fingerprint density at radius 3 is 2.68 bits per heavy atom. The van der Waals surface area contributed by atoms with E-state index >= 15 is 0 Å². The second-order valence-corrected chi connectivity index (χ2v) is 7.43. The minimum atomic E-state index is -0.649. The number of benzene rings is 1. The Morgan fingerprint density at radius 1 is 1.21 bits per heavy atom. The summed E-state index contributed by atoms with van der Waals surface area (Å²) in [6.45, 7) is 5.26. The Kier molecular flexibility index (Phi) is 5.51. The first-order chi connectivity index (χ1) is 13.3. The first-order valence-electron chi connectivity index (χ1n) is 8.58. The van der Waals surface area contributed by atoms with Crippen molar-refractivity contribution in [2.24, 2.45) is 0 Å². The monoisotopic (exact) mass is 399 g/mol. The molecular weight excluding hydrogens is 378 g/mol. The van der Waals surface area contributed by atoms with E-state index in [-0.39, 0.29) is 4.88 Å². The van der Waals surface area contributed by atoms with E-state index < -0.39 is 18.5 Å². The van der Waals surface area contributed by atoms with E-state index in [1.165, 1.54) is 7.11 Å². The largest absolute Gasteiger partial charge is 0.495 e. The van der Waals surface area contributed by atoms with Crippen molar-refractivity contribution in [3.8, 4) is 5.75 Å². The topological polar surface area (TPSA) is 104 Å². The summed E-state index contributed by atoms with van der Waals surface area (Å²) in [5.41, 5.74) is 9.72. The van der Waals surface area contributed by atoms with Crippen molar-refractivity contribution in [3.05, 3.63) is 46.0 Å². The molecule has 0 saturated heterocycles. The van der Waals surface area contributed by atoms with Gasteiger partial charge in [0, 0.05) is 11.1 Å². The van der Waals surface area contributed by atoms with Crippen molar-refractivity contribution in [2.45, 2.75) is 20.8 Å². The molecule has 28 heavy (non-hydrogen) atoms. The van der Waals surface area contributed by atoms with E-state index in [0.29, 0.717) is 22.0 Å². The summed E-state index contributed by atoms with van der Waals surface area (Å²) in [7, 11) is 1.52. The van der Waals surface area contributed by atoms with Crippen molar-refractivity contribution in [1.82, 2.24) is 4.98 Å². The number of thiophene rings is 1. The highest BCUT2D eigenvalue weighted by Gasteiger charge is 2.21. The van der Waals surface area contributed by atoms with Gasteiger partial charge in [-0.2, -0.15) is 0 Å². The van der Waals surface area contributed by atoms with Crippen molar-refractivity contribution < 1.29 is 19.1 Å². The minimum Gasteiger partial charge on any atom is -0.495 e. The number of nitrogens with one attached hydrogen (secondary N) is 1. The Labute approximate surface area is 166 Å². The Bertz CT molecular complexity index is 1070. The van der Waals surface area contributed by atoms with E-state index in [2.05, 4.69) is 10.3 Å². The molecule has 0 aliphatic carbocycles. The van der Waals surface area contributed by atoms with E-state index in [1.807, 2.05) is 32.9 Å². The molecule has 3 N–H and O–H groups in total. The third-order valence-electron chi connectivity index (χ3n) is 4.17. The highest BCUT2D eigenvalue weighted by Crippen LogP contribution is 2.35. The fourth-order valence-electron chi connectivity index (χ4n) is 2.92. The highest BCUT2D eigenvalue weighted by molar-refractivity contribution is 7.21. The van der Waals surface area contributed by atoms with Crippen LogP contribution in [0, 0.1) is 20.8 Å². The van der Waals surface area contributed by atoms with E-state index in [4.69, 9.17) is 15.2 Å². The van der Waals surface area contributed by atoms with Crippen LogP contribution in [0.15, 0.2) is 24.3 Å². The fourth-order valence-corrected chi connectivity index (χ4v) is 4.03. The standard InChI is InChI=1S/C20H21N3O4S/c1-10-5-6-14(26-4)13(7-10)23-15(24)9-27-20(25)18-17(21)16-11(2)8-12(3)22-19(16)28-18/h5-8H,9,21H2,1-4H3,(H,23,24). The molecule has 1 aromatic carbocycles. The molecule has 8 heteroatoms. The van der Waals surface area contributed by atoms with Crippen LogP contribution in [0.5, 0.6) is 5.75 Å². The molecule has 7 nitrogen and oxygen atoms in total. The molecule has 0 aliphatic rings. The smallest absolute Gasteiger partial charge is 0.351 e. The summed E-state index contributed by atoms with van der Waals surface area (Å²) in [5, 5.41) is 3.43. The summed E-state index contributed by atoms with van der Waals surface area (Å²) >= 11 is 1.16. The number of hydrogen-bond acceptors (Lipinski definition) is 7. The van der Waals surface area contributed by atoms with Gasteiger partial charge < -0.3 is 20.5 Å². The van der Waals surface area contributed by atoms with Gasteiger partial charge >= 0.3 is 5.97 Å². The number of carbonyl (C=O) groups excluding carboxylic acids is 2. The second kappa shape index (κ2) is 7.85. The Balaban J connectivity index is 1.72. The number of nitrogen functional groups attached to an aromatic ring is 1. The second-order valence-electron chi connectivity index (χ2n) is 6.43. The Morgan fingerprint density at radius 2 is 1.96 bits per heavy atom. The molecular formula is C20H21N3O4S. The van der Waals surface area contributed by atoms with Gasteiger partial charge in [0.25, 0.3) is 5.91 Å². The number of aromatic nitrogens is 1. The molecule has 3 aromatic rings. The van der Waals surface area contributed by atoms with Crippen molar-refractivity contribution in [1.29, 1.82) is 0 Å². The van der Waals surface area contributed by atoms with Gasteiger partial charge in [-0.15, -0.1) is 11.3 Å². The number of methoxy groups -OCH3 is 1. The molecule has 3 rings (SSSR count). The zero-order chi connectivity index (χ0) is 20.4. The number of fused-ring (bicyclic) bond motifs is 1. The van der Waals surface area contributed by atoms with Gasteiger partial charge in [-0.25, -0.2) is 9.78 Å². The van der Waals surface area contributed by atoms with Gasteiger partial charge in [0.05, 0.1) is 18.5 Å². The van der Waals surface area contributed by atoms with Gasteiger partial charge in [-0.05, 0) is 50.1 Å². The zero-order valence-electron chi connectivity index (χ0n) is 16.1. The molecule has 2 heterocycles. The van der Waals surface area contributed by atoms with E-state index in [1.54, 1.807) is 12.1 Å². The SMILES string of the molecule is COc1ccc(C)cc1NC(=O)COC(=O)c1sc2nc(C)cc(C)c2c1N. The van der Waals surface area contributed by atoms with Gasteiger partial charge in [-0.3, -0.25) is 4.79 Å². The lowest BCUT2D eigenvalue weighted by Crippen LogP contribution is -2.21. The fraction of sp³-hybridized carbons (Fsp3) is 0.250. The third-order valence-corrected chi connectivity index (χ3v) is 5.25. The number of nitrogens with two attached hydrogens (primary N) is 1. The van der Waals surface area contributed by atoms with Crippen LogP contribution in [0.4, 0.5) is 11.4 Å². The van der Waals surface area contributed by atoms with Crippen LogP contribution < -0.4 is 15.8 Å². The predicted molar refractivity (Wildman–Crippen MR) is 110 cm³/mol. The quantitative estimate of drug-likeness (QED) is 0.635. The molecule has 0 atom stereocenters. The first kappa shape index (κ1) is 19.6. The van der Waals surface area contributed by atoms with E-state index in [9.17, 15) is 9.59 Å². The number of hydrogen-bond donors (Lipinski definition) is 2. The number of esters is 1. The van der Waals surface area contributed by atoms with Crippen molar-refractivity contribution >= 4 is 44.8 Å². The van der Waals surface area contributed by atoms with Gasteiger partial charge in [0.1, 0.15) is 15.5 Å². The average Bonchev–Trinajstić information content (AvgIpc) is 2.96. The number of anilines is 2. The van der Waals surface area contributed by atoms with Crippen LogP contribution in [-0.2, 0) is 9.53 Å². The van der Waals surface area contributed by atoms with Crippen LogP contribution in [-0.4, -0.2) is 30.6 Å². The first-order valence-corrected chi connectivity index (χ1v) is 9.39. The number of pyridine rings is 1. The molecule has 0 unspecified atom stereocenters. The van der Waals surface area contributed by atoms with Gasteiger partial charge in [-0.1, -0.05) is 6.07 Å². The highest BCUT2D eigenvalue weighted by atomic mass is 32.1. The number of ether oxygens (including phenoxy) is 2. The summed E-state index contributed by atoms with van der Waals surface area (Å²) in [6.07, 6.45) is 0. The van der Waals surface area contributed by atoms with Crippen LogP contribution in [0.25, 0.3) is 10.2 Å². The minimum absolute atomic E-state index is 0.247. The summed E-state index contributed by atoms with van der Waals surface area (Å²) in [6, 6.07) is 7.31. The molecule has 2 aromatic heterocycles. The van der Waals surface area contributed by atoms with Crippen LogP contribution in [0.1, 0.15) is 26.5 Å². The Hall–Kier alpha value is -3.13. The summed E-state index contributed by atoms with van der Waals surface area (Å²) in [4.78, 5) is 30.0. The van der Waals surface area contributed by atoms with Crippen LogP contribution in [0.2, 0.25) is 0 Å². The maximum absolute atomic E-state index is 12.4. The molecule has 0 bridgehead atoms. The molecule has 1 amide bonds. The zero-order valence-corrected chi connectivity index (χ0v) is 16.9. The van der Waals surface area contributed by atoms with Crippen molar-refractivity contribution in [2.75, 3.05) is 24.8 Å². The maximum Gasteiger partial charge on any atom is 0.351 e. The molecule has 0 saturated carbocycles. The predicted octanol–water partition coefficient (Wildman–Crippen LogP) is 3.61. The summed E-state index contributed by atoms with van der Waals surface area (Å²) < 4.78 is 10.4. The molecule has 0 radical (unpaired) electrons. The number of nitrogens with zero attached hydrogens (tertiary/aromatic N) is 1. The molecule has 0 fully saturated rings. The number of aryl methyl sites for hydroxylation is 3. The van der Waals surface area contributed by atoms with Crippen LogP contribution in [0.3, 0.4) is 0 Å². The molecule has 146 valence electrons. The lowest BCUT2D eigenvalue weighted by molar-refractivity contribution is -0.119. The van der Waals surface area contributed by atoms with Gasteiger partial charge in [0.2, 0.25) is 0 Å². The molecule has 0 aliphatic heterocycles. The number of carbonyl (C=O) groups is 2. The van der Waals surface area contributed by atoms with Crippen LogP contribution >= 0.6 is 11.3 Å².